The van der Waals surface area contributed by atoms with Crippen LogP contribution in [-0.4, -0.2) is 39.9 Å². The van der Waals surface area contributed by atoms with Crippen LogP contribution in [0.3, 0.4) is 0 Å². The lowest BCUT2D eigenvalue weighted by Gasteiger charge is -2.45. The molecular formula is C24H50N4. The Morgan fingerprint density at radius 1 is 0.857 bits per heavy atom. The van der Waals surface area contributed by atoms with Crippen molar-refractivity contribution in [3.63, 3.8) is 0 Å². The highest BCUT2D eigenvalue weighted by Crippen LogP contribution is 2.34. The lowest BCUT2D eigenvalue weighted by atomic mass is 9.89. The van der Waals surface area contributed by atoms with E-state index >= 15 is 0 Å². The summed E-state index contributed by atoms with van der Waals surface area (Å²) in [5.74, 6) is 0.628. The van der Waals surface area contributed by atoms with Crippen molar-refractivity contribution in [2.75, 3.05) is 13.1 Å². The molecule has 2 rings (SSSR count). The van der Waals surface area contributed by atoms with Gasteiger partial charge in [-0.2, -0.15) is 10.7 Å². The number of rotatable bonds is 11. The van der Waals surface area contributed by atoms with Crippen molar-refractivity contribution >= 4 is 0 Å². The van der Waals surface area contributed by atoms with Crippen molar-refractivity contribution in [1.82, 2.24) is 20.7 Å². The van der Waals surface area contributed by atoms with Gasteiger partial charge in [0.05, 0.1) is 6.17 Å². The molecule has 2 saturated heterocycles. The zero-order chi connectivity index (χ0) is 20.4. The Kier molecular flexibility index (Phi) is 10.8. The summed E-state index contributed by atoms with van der Waals surface area (Å²) >= 11 is 0. The molecule has 2 heterocycles. The molecule has 0 saturated carbocycles. The maximum atomic E-state index is 3.81. The topological polar surface area (TPSA) is 21.8 Å². The molecule has 166 valence electrons. The number of nitrogens with zero attached hydrogens (tertiary/aromatic N) is 3. The van der Waals surface area contributed by atoms with E-state index < -0.39 is 0 Å². The highest BCUT2D eigenvalue weighted by molar-refractivity contribution is 4.90. The first kappa shape index (κ1) is 24.1. The van der Waals surface area contributed by atoms with E-state index in [4.69, 9.17) is 0 Å². The van der Waals surface area contributed by atoms with E-state index in [0.29, 0.717) is 12.1 Å². The number of nitrogens with one attached hydrogen (secondary N) is 1. The second-order valence-corrected chi connectivity index (χ2v) is 10.1. The van der Waals surface area contributed by atoms with Crippen LogP contribution < -0.4 is 5.53 Å². The first-order chi connectivity index (χ1) is 13.5. The third-order valence-electron chi connectivity index (χ3n) is 7.23. The first-order valence-electron chi connectivity index (χ1n) is 12.6. The van der Waals surface area contributed by atoms with Crippen molar-refractivity contribution in [3.05, 3.63) is 0 Å². The Hall–Kier alpha value is -0.160. The summed E-state index contributed by atoms with van der Waals surface area (Å²) in [5.41, 5.74) is 3.98. The van der Waals surface area contributed by atoms with E-state index in [9.17, 15) is 0 Å². The smallest absolute Gasteiger partial charge is 0.0924 e. The van der Waals surface area contributed by atoms with Crippen molar-refractivity contribution in [3.8, 4) is 0 Å². The van der Waals surface area contributed by atoms with E-state index in [-0.39, 0.29) is 5.54 Å². The van der Waals surface area contributed by atoms with Crippen LogP contribution in [0.5, 0.6) is 0 Å². The molecule has 4 heteroatoms. The molecule has 0 aliphatic carbocycles. The summed E-state index contributed by atoms with van der Waals surface area (Å²) < 4.78 is 0. The molecule has 2 aliphatic rings. The van der Waals surface area contributed by atoms with Crippen LogP contribution in [0.15, 0.2) is 0 Å². The fourth-order valence-electron chi connectivity index (χ4n) is 4.69. The Balaban J connectivity index is 1.91. The average molecular weight is 395 g/mol. The van der Waals surface area contributed by atoms with Gasteiger partial charge < -0.3 is 0 Å². The largest absolute Gasteiger partial charge is 0.211 e. The van der Waals surface area contributed by atoms with E-state index in [0.717, 1.165) is 6.54 Å². The molecule has 0 aromatic heterocycles. The predicted octanol–water partition coefficient (Wildman–Crippen LogP) is 6.50. The lowest BCUT2D eigenvalue weighted by molar-refractivity contribution is -0.124. The van der Waals surface area contributed by atoms with Gasteiger partial charge in [0.2, 0.25) is 0 Å². The normalized spacial score (nSPS) is 23.6. The fourth-order valence-corrected chi connectivity index (χ4v) is 4.69. The summed E-state index contributed by atoms with van der Waals surface area (Å²) in [7, 11) is 0. The second kappa shape index (κ2) is 12.5. The third-order valence-corrected chi connectivity index (χ3v) is 7.23. The van der Waals surface area contributed by atoms with E-state index in [2.05, 4.69) is 55.3 Å². The van der Waals surface area contributed by atoms with Gasteiger partial charge in [-0.25, -0.2) is 10.0 Å². The number of fused-ring (bicyclic) bond motifs is 1. The van der Waals surface area contributed by atoms with E-state index in [1.807, 2.05) is 0 Å². The van der Waals surface area contributed by atoms with Gasteiger partial charge in [-0.3, -0.25) is 0 Å². The molecule has 2 aliphatic heterocycles. The van der Waals surface area contributed by atoms with Gasteiger partial charge in [-0.1, -0.05) is 91.4 Å². The standard InChI is InChI=1S/C24H50N4/c1-6-7-8-9-10-11-15-18-21-27-25-26-20-17-14-12-13-16-19-23(26)28(27)24(4,5)22(2)3/h22-23,25H,6-21H2,1-5H3. The first-order valence-corrected chi connectivity index (χ1v) is 12.6. The molecule has 0 aromatic carbocycles. The maximum absolute atomic E-state index is 3.81. The zero-order valence-electron chi connectivity index (χ0n) is 19.8. The number of hydrogen-bond donors (Lipinski definition) is 1. The van der Waals surface area contributed by atoms with Gasteiger partial charge >= 0.3 is 0 Å². The second-order valence-electron chi connectivity index (χ2n) is 10.1. The minimum atomic E-state index is 0.167. The van der Waals surface area contributed by atoms with Gasteiger partial charge in [0.1, 0.15) is 0 Å². The van der Waals surface area contributed by atoms with E-state index in [1.54, 1.807) is 0 Å². The number of hydrogen-bond acceptors (Lipinski definition) is 4. The maximum Gasteiger partial charge on any atom is 0.0924 e. The molecule has 1 unspecified atom stereocenters. The summed E-state index contributed by atoms with van der Waals surface area (Å²) in [6.07, 6.45) is 19.8. The van der Waals surface area contributed by atoms with Gasteiger partial charge in [0.25, 0.3) is 0 Å². The van der Waals surface area contributed by atoms with Gasteiger partial charge in [0.15, 0.2) is 0 Å². The molecule has 0 amide bonds. The number of hydrazine groups is 3. The Labute approximate surface area is 176 Å². The van der Waals surface area contributed by atoms with E-state index in [1.165, 1.54) is 96.4 Å². The Morgan fingerprint density at radius 2 is 1.46 bits per heavy atom. The molecule has 4 nitrogen and oxygen atoms in total. The van der Waals surface area contributed by atoms with Crippen molar-refractivity contribution in [1.29, 1.82) is 0 Å². The summed E-state index contributed by atoms with van der Waals surface area (Å²) in [4.78, 5) is 0. The molecule has 1 N–H and O–H groups in total. The van der Waals surface area contributed by atoms with Crippen molar-refractivity contribution in [2.45, 2.75) is 136 Å². The SMILES string of the molecule is CCCCCCCCCCN1NN2CCCCCCCC2N1C(C)(C)C(C)C. The van der Waals surface area contributed by atoms with Crippen LogP contribution in [0.1, 0.15) is 125 Å². The van der Waals surface area contributed by atoms with Crippen molar-refractivity contribution in [2.24, 2.45) is 5.92 Å². The van der Waals surface area contributed by atoms with Crippen LogP contribution in [0.25, 0.3) is 0 Å². The minimum Gasteiger partial charge on any atom is -0.211 e. The van der Waals surface area contributed by atoms with Gasteiger partial charge in [0, 0.05) is 18.6 Å². The summed E-state index contributed by atoms with van der Waals surface area (Å²) in [6, 6.07) is 0. The molecule has 0 bridgehead atoms. The van der Waals surface area contributed by atoms with Crippen molar-refractivity contribution < 1.29 is 0 Å². The Bertz CT molecular complexity index is 409. The van der Waals surface area contributed by atoms with Crippen LogP contribution >= 0.6 is 0 Å². The summed E-state index contributed by atoms with van der Waals surface area (Å²) in [6.45, 7) is 14.3. The van der Waals surface area contributed by atoms with Crippen LogP contribution in [0.2, 0.25) is 0 Å². The number of unbranched alkanes of at least 4 members (excludes halogenated alkanes) is 7. The third kappa shape index (κ3) is 6.97. The Morgan fingerprint density at radius 3 is 2.14 bits per heavy atom. The molecule has 0 aromatic rings. The molecule has 1 atom stereocenters. The summed E-state index contributed by atoms with van der Waals surface area (Å²) in [5, 5.41) is 7.76. The molecule has 28 heavy (non-hydrogen) atoms. The quantitative estimate of drug-likeness (QED) is 0.404. The predicted molar refractivity (Wildman–Crippen MR) is 121 cm³/mol. The van der Waals surface area contributed by atoms with Crippen LogP contribution in [0, 0.1) is 5.92 Å². The van der Waals surface area contributed by atoms with Crippen LogP contribution in [-0.2, 0) is 0 Å². The highest BCUT2D eigenvalue weighted by atomic mass is 16.0. The van der Waals surface area contributed by atoms with Gasteiger partial charge in [-0.05, 0) is 39.0 Å². The zero-order valence-corrected chi connectivity index (χ0v) is 19.8. The monoisotopic (exact) mass is 394 g/mol. The minimum absolute atomic E-state index is 0.167. The molecule has 2 fully saturated rings. The van der Waals surface area contributed by atoms with Gasteiger partial charge in [-0.15, -0.1) is 0 Å². The highest BCUT2D eigenvalue weighted by Gasteiger charge is 2.46. The molecular weight excluding hydrogens is 344 g/mol. The van der Waals surface area contributed by atoms with Crippen LogP contribution in [0.4, 0.5) is 0 Å². The fraction of sp³-hybridized carbons (Fsp3) is 1.00. The average Bonchev–Trinajstić information content (AvgIpc) is 3.04. The lowest BCUT2D eigenvalue weighted by Crippen LogP contribution is -2.58. The molecule has 0 radical (unpaired) electrons. The molecule has 0 spiro atoms.